The van der Waals surface area contributed by atoms with Gasteiger partial charge in [0.05, 0.1) is 6.10 Å². The number of nitrogens with zero attached hydrogens (tertiary/aromatic N) is 1. The van der Waals surface area contributed by atoms with E-state index in [1.807, 2.05) is 0 Å². The van der Waals surface area contributed by atoms with Gasteiger partial charge in [-0.05, 0) is 42.4 Å². The minimum atomic E-state index is -1.15. The molecule has 0 aromatic heterocycles. The summed E-state index contributed by atoms with van der Waals surface area (Å²) in [6.45, 7) is 8.33. The lowest BCUT2D eigenvalue weighted by Crippen LogP contribution is -2.37. The Balaban J connectivity index is 1.54. The molecule has 4 rings (SSSR count). The molecule has 2 aromatic carbocycles. The Morgan fingerprint density at radius 1 is 0.926 bits per heavy atom. The highest BCUT2D eigenvalue weighted by molar-refractivity contribution is 6.76. The second-order valence-corrected chi connectivity index (χ2v) is 15.2. The van der Waals surface area contributed by atoms with Crippen molar-refractivity contribution in [3.8, 4) is 0 Å². The van der Waals surface area contributed by atoms with Crippen molar-refractivity contribution in [3.63, 3.8) is 0 Å². The summed E-state index contributed by atoms with van der Waals surface area (Å²) < 4.78 is 0. The first-order chi connectivity index (χ1) is 13.0. The molecular formula is C24H33NOSi. The van der Waals surface area contributed by atoms with Crippen LogP contribution in [0.25, 0.3) is 0 Å². The lowest BCUT2D eigenvalue weighted by atomic mass is 9.74. The van der Waals surface area contributed by atoms with E-state index in [2.05, 4.69) is 85.4 Å². The minimum Gasteiger partial charge on any atom is -0.295 e. The predicted molar refractivity (Wildman–Crippen MR) is 115 cm³/mol. The maximum absolute atomic E-state index is 6.64. The smallest absolute Gasteiger partial charge is 0.0814 e. The van der Waals surface area contributed by atoms with Crippen molar-refractivity contribution in [1.82, 2.24) is 5.06 Å². The van der Waals surface area contributed by atoms with Gasteiger partial charge in [-0.15, -0.1) is 0 Å². The number of fused-ring (bicyclic) bond motifs is 1. The molecule has 0 radical (unpaired) electrons. The van der Waals surface area contributed by atoms with Crippen molar-refractivity contribution in [2.75, 3.05) is 0 Å². The molecule has 3 heteroatoms. The van der Waals surface area contributed by atoms with Gasteiger partial charge in [0.25, 0.3) is 0 Å². The van der Waals surface area contributed by atoms with Gasteiger partial charge in [0.2, 0.25) is 0 Å². The summed E-state index contributed by atoms with van der Waals surface area (Å²) >= 11 is 0. The van der Waals surface area contributed by atoms with Gasteiger partial charge < -0.3 is 0 Å². The first kappa shape index (κ1) is 18.9. The Morgan fingerprint density at radius 3 is 2.26 bits per heavy atom. The highest BCUT2D eigenvalue weighted by Crippen LogP contribution is 2.46. The zero-order valence-electron chi connectivity index (χ0n) is 17.0. The highest BCUT2D eigenvalue weighted by Gasteiger charge is 2.47. The molecule has 2 aliphatic rings. The van der Waals surface area contributed by atoms with E-state index in [4.69, 9.17) is 4.84 Å². The zero-order chi connectivity index (χ0) is 18.9. The van der Waals surface area contributed by atoms with E-state index in [9.17, 15) is 0 Å². The number of hydrogen-bond donors (Lipinski definition) is 0. The van der Waals surface area contributed by atoms with E-state index in [-0.39, 0.29) is 0 Å². The molecule has 0 N–H and O–H groups in total. The molecule has 1 aliphatic heterocycles. The Bertz CT molecular complexity index is 727. The zero-order valence-corrected chi connectivity index (χ0v) is 18.0. The summed E-state index contributed by atoms with van der Waals surface area (Å²) in [6.07, 6.45) is 4.24. The summed E-state index contributed by atoms with van der Waals surface area (Å²) in [7, 11) is -1.15. The predicted octanol–water partition coefficient (Wildman–Crippen LogP) is 6.09. The Kier molecular flexibility index (Phi) is 5.54. The Hall–Kier alpha value is -1.42. The minimum absolute atomic E-state index is 0.419. The summed E-state index contributed by atoms with van der Waals surface area (Å²) in [5.74, 6) is 1.36. The standard InChI is InChI=1S/C24H33NOSi/c1-27(2,3)18-24-22-15-14-21(20-12-8-5-9-13-20)16-23(22)25(26-24)17-19-10-6-4-7-11-19/h4-13,21-24H,14-18H2,1-3H3/t21-,22-,23-,24-/m0/s1. The molecule has 144 valence electrons. The van der Waals surface area contributed by atoms with Gasteiger partial charge >= 0.3 is 0 Å². The fourth-order valence-corrected chi connectivity index (χ4v) is 6.59. The largest absolute Gasteiger partial charge is 0.295 e. The summed E-state index contributed by atoms with van der Waals surface area (Å²) in [5, 5.41) is 2.35. The van der Waals surface area contributed by atoms with Crippen LogP contribution in [0.2, 0.25) is 25.7 Å². The van der Waals surface area contributed by atoms with E-state index in [0.29, 0.717) is 24.0 Å². The molecule has 2 nitrogen and oxygen atoms in total. The summed E-state index contributed by atoms with van der Waals surface area (Å²) in [4.78, 5) is 6.64. The fourth-order valence-electron chi connectivity index (χ4n) is 5.00. The topological polar surface area (TPSA) is 12.5 Å². The second kappa shape index (κ2) is 7.90. The third kappa shape index (κ3) is 4.53. The van der Waals surface area contributed by atoms with Gasteiger partial charge in [-0.3, -0.25) is 4.84 Å². The van der Waals surface area contributed by atoms with E-state index in [1.54, 1.807) is 0 Å². The normalized spacial score (nSPS) is 28.9. The van der Waals surface area contributed by atoms with E-state index >= 15 is 0 Å². The first-order valence-electron chi connectivity index (χ1n) is 10.5. The molecule has 1 heterocycles. The van der Waals surface area contributed by atoms with Crippen LogP contribution >= 0.6 is 0 Å². The molecule has 4 atom stereocenters. The van der Waals surface area contributed by atoms with Crippen LogP contribution < -0.4 is 0 Å². The fraction of sp³-hybridized carbons (Fsp3) is 0.500. The van der Waals surface area contributed by atoms with Crippen LogP contribution in [0.4, 0.5) is 0 Å². The summed E-state index contributed by atoms with van der Waals surface area (Å²) in [6, 6.07) is 23.7. The maximum Gasteiger partial charge on any atom is 0.0814 e. The van der Waals surface area contributed by atoms with Gasteiger partial charge in [0, 0.05) is 26.6 Å². The van der Waals surface area contributed by atoms with Gasteiger partial charge in [-0.25, -0.2) is 0 Å². The average molecular weight is 380 g/mol. The van der Waals surface area contributed by atoms with Crippen molar-refractivity contribution in [2.24, 2.45) is 5.92 Å². The Labute approximate surface area is 165 Å². The van der Waals surface area contributed by atoms with E-state index < -0.39 is 8.07 Å². The number of benzene rings is 2. The van der Waals surface area contributed by atoms with Gasteiger partial charge in [-0.2, -0.15) is 5.06 Å². The molecule has 2 fully saturated rings. The molecule has 2 aromatic rings. The molecule has 1 aliphatic carbocycles. The maximum atomic E-state index is 6.64. The van der Waals surface area contributed by atoms with E-state index in [1.165, 1.54) is 36.4 Å². The van der Waals surface area contributed by atoms with Crippen LogP contribution in [-0.2, 0) is 11.4 Å². The van der Waals surface area contributed by atoms with Crippen molar-refractivity contribution in [2.45, 2.75) is 69.6 Å². The van der Waals surface area contributed by atoms with Gasteiger partial charge in [-0.1, -0.05) is 80.3 Å². The van der Waals surface area contributed by atoms with Crippen LogP contribution in [0.1, 0.15) is 36.3 Å². The molecule has 27 heavy (non-hydrogen) atoms. The third-order valence-corrected chi connectivity index (χ3v) is 7.88. The Morgan fingerprint density at radius 2 is 1.59 bits per heavy atom. The van der Waals surface area contributed by atoms with Crippen LogP contribution in [-0.4, -0.2) is 25.3 Å². The summed E-state index contributed by atoms with van der Waals surface area (Å²) in [5.41, 5.74) is 2.86. The molecule has 0 unspecified atom stereocenters. The SMILES string of the molecule is C[Si](C)(C)C[C@@H]1ON(Cc2ccccc2)[C@H]2C[C@@H](c3ccccc3)CC[C@H]12. The second-order valence-electron chi connectivity index (χ2n) is 9.62. The molecule has 1 saturated heterocycles. The number of hydrogen-bond acceptors (Lipinski definition) is 2. The van der Waals surface area contributed by atoms with Crippen LogP contribution in [0.5, 0.6) is 0 Å². The third-order valence-electron chi connectivity index (χ3n) is 6.25. The molecule has 0 spiro atoms. The van der Waals surface area contributed by atoms with Crippen LogP contribution in [0, 0.1) is 5.92 Å². The van der Waals surface area contributed by atoms with Crippen LogP contribution in [0.3, 0.4) is 0 Å². The monoisotopic (exact) mass is 379 g/mol. The molecular weight excluding hydrogens is 346 g/mol. The van der Waals surface area contributed by atoms with Crippen LogP contribution in [0.15, 0.2) is 60.7 Å². The molecule has 0 bridgehead atoms. The molecule has 1 saturated carbocycles. The van der Waals surface area contributed by atoms with Gasteiger partial charge in [0.15, 0.2) is 0 Å². The first-order valence-corrected chi connectivity index (χ1v) is 14.2. The molecule has 0 amide bonds. The van der Waals surface area contributed by atoms with Crippen molar-refractivity contribution in [1.29, 1.82) is 0 Å². The van der Waals surface area contributed by atoms with Crippen molar-refractivity contribution in [3.05, 3.63) is 71.8 Å². The van der Waals surface area contributed by atoms with E-state index in [0.717, 1.165) is 6.54 Å². The quantitative estimate of drug-likeness (QED) is 0.583. The number of rotatable bonds is 5. The number of hydroxylamine groups is 2. The lowest BCUT2D eigenvalue weighted by Gasteiger charge is -2.35. The lowest BCUT2D eigenvalue weighted by molar-refractivity contribution is -0.166. The van der Waals surface area contributed by atoms with Crippen molar-refractivity contribution < 1.29 is 4.84 Å². The van der Waals surface area contributed by atoms with Gasteiger partial charge in [0.1, 0.15) is 0 Å². The highest BCUT2D eigenvalue weighted by atomic mass is 28.3. The van der Waals surface area contributed by atoms with Crippen molar-refractivity contribution >= 4 is 8.07 Å². The average Bonchev–Trinajstić information content (AvgIpc) is 2.98.